The van der Waals surface area contributed by atoms with Gasteiger partial charge < -0.3 is 4.74 Å². The lowest BCUT2D eigenvalue weighted by Gasteiger charge is -2.05. The predicted molar refractivity (Wildman–Crippen MR) is 64.7 cm³/mol. The standard InChI is InChI=1S/C11H17BrN2O/c1-8(2)5-6-15-7-10-11(12)9(3)13-14(10)4/h1,5-7H2,2-4H3. The van der Waals surface area contributed by atoms with Crippen LogP contribution < -0.4 is 0 Å². The predicted octanol–water partition coefficient (Wildman–Crippen LogP) is 2.97. The van der Waals surface area contributed by atoms with Gasteiger partial charge in [-0.15, -0.1) is 6.58 Å². The molecule has 0 aliphatic heterocycles. The molecule has 0 saturated carbocycles. The highest BCUT2D eigenvalue weighted by Crippen LogP contribution is 2.20. The zero-order valence-corrected chi connectivity index (χ0v) is 11.1. The summed E-state index contributed by atoms with van der Waals surface area (Å²) in [5, 5.41) is 4.30. The molecule has 0 fully saturated rings. The molecular weight excluding hydrogens is 256 g/mol. The minimum atomic E-state index is 0.588. The quantitative estimate of drug-likeness (QED) is 0.609. The zero-order chi connectivity index (χ0) is 11.4. The molecule has 0 saturated heterocycles. The van der Waals surface area contributed by atoms with Crippen molar-refractivity contribution in [3.8, 4) is 0 Å². The lowest BCUT2D eigenvalue weighted by atomic mass is 10.3. The van der Waals surface area contributed by atoms with E-state index in [0.717, 1.165) is 27.9 Å². The molecule has 0 spiro atoms. The molecule has 0 unspecified atom stereocenters. The van der Waals surface area contributed by atoms with E-state index in [4.69, 9.17) is 4.74 Å². The van der Waals surface area contributed by atoms with Gasteiger partial charge in [-0.05, 0) is 36.2 Å². The zero-order valence-electron chi connectivity index (χ0n) is 9.51. The molecule has 0 radical (unpaired) electrons. The second kappa shape index (κ2) is 5.47. The first kappa shape index (κ1) is 12.5. The second-order valence-corrected chi connectivity index (χ2v) is 4.52. The summed E-state index contributed by atoms with van der Waals surface area (Å²) >= 11 is 3.50. The van der Waals surface area contributed by atoms with E-state index < -0.39 is 0 Å². The Bertz CT molecular complexity index is 358. The van der Waals surface area contributed by atoms with Crippen molar-refractivity contribution in [3.63, 3.8) is 0 Å². The van der Waals surface area contributed by atoms with E-state index in [-0.39, 0.29) is 0 Å². The third kappa shape index (κ3) is 3.47. The van der Waals surface area contributed by atoms with Gasteiger partial charge in [-0.2, -0.15) is 5.10 Å². The Hall–Kier alpha value is -0.610. The van der Waals surface area contributed by atoms with Gasteiger partial charge in [0.1, 0.15) is 0 Å². The van der Waals surface area contributed by atoms with Crippen LogP contribution in [0.2, 0.25) is 0 Å². The summed E-state index contributed by atoms with van der Waals surface area (Å²) in [7, 11) is 1.93. The van der Waals surface area contributed by atoms with Gasteiger partial charge in [-0.25, -0.2) is 0 Å². The SMILES string of the molecule is C=C(C)CCOCc1c(Br)c(C)nn1C. The number of halogens is 1. The van der Waals surface area contributed by atoms with Crippen LogP contribution in [0, 0.1) is 6.92 Å². The molecule has 0 atom stereocenters. The molecule has 0 aromatic carbocycles. The summed E-state index contributed by atoms with van der Waals surface area (Å²) in [6.07, 6.45) is 0.911. The van der Waals surface area contributed by atoms with E-state index in [1.54, 1.807) is 0 Å². The van der Waals surface area contributed by atoms with Gasteiger partial charge in [-0.3, -0.25) is 4.68 Å². The van der Waals surface area contributed by atoms with E-state index in [1.165, 1.54) is 0 Å². The van der Waals surface area contributed by atoms with Crippen LogP contribution in [0.5, 0.6) is 0 Å². The Morgan fingerprint density at radius 3 is 2.73 bits per heavy atom. The van der Waals surface area contributed by atoms with Crippen LogP contribution >= 0.6 is 15.9 Å². The third-order valence-corrected chi connectivity index (χ3v) is 3.21. The summed E-state index contributed by atoms with van der Waals surface area (Å²) in [6.45, 7) is 9.12. The molecule has 0 bridgehead atoms. The molecule has 0 aliphatic carbocycles. The van der Waals surface area contributed by atoms with Gasteiger partial charge in [0.2, 0.25) is 0 Å². The number of rotatable bonds is 5. The number of hydrogen-bond acceptors (Lipinski definition) is 2. The van der Waals surface area contributed by atoms with Crippen molar-refractivity contribution in [3.05, 3.63) is 28.0 Å². The Morgan fingerprint density at radius 2 is 2.27 bits per heavy atom. The first-order valence-electron chi connectivity index (χ1n) is 4.92. The molecular formula is C11H17BrN2O. The van der Waals surface area contributed by atoms with Crippen LogP contribution in [-0.2, 0) is 18.4 Å². The summed E-state index contributed by atoms with van der Waals surface area (Å²) in [4.78, 5) is 0. The topological polar surface area (TPSA) is 27.1 Å². The molecule has 4 heteroatoms. The van der Waals surface area contributed by atoms with Crippen LogP contribution in [0.25, 0.3) is 0 Å². The van der Waals surface area contributed by atoms with E-state index in [0.29, 0.717) is 13.2 Å². The van der Waals surface area contributed by atoms with Crippen LogP contribution in [0.1, 0.15) is 24.7 Å². The van der Waals surface area contributed by atoms with Gasteiger partial charge >= 0.3 is 0 Å². The molecule has 3 nitrogen and oxygen atoms in total. The highest BCUT2D eigenvalue weighted by atomic mass is 79.9. The van der Waals surface area contributed by atoms with Gasteiger partial charge in [0, 0.05) is 7.05 Å². The number of ether oxygens (including phenoxy) is 1. The smallest absolute Gasteiger partial charge is 0.0896 e. The first-order chi connectivity index (χ1) is 7.02. The van der Waals surface area contributed by atoms with E-state index in [1.807, 2.05) is 25.6 Å². The van der Waals surface area contributed by atoms with Crippen LogP contribution in [0.4, 0.5) is 0 Å². The highest BCUT2D eigenvalue weighted by molar-refractivity contribution is 9.10. The summed E-state index contributed by atoms with van der Waals surface area (Å²) < 4.78 is 8.44. The number of aromatic nitrogens is 2. The monoisotopic (exact) mass is 272 g/mol. The molecule has 15 heavy (non-hydrogen) atoms. The Kier molecular flexibility index (Phi) is 4.54. The normalized spacial score (nSPS) is 10.7. The molecule has 0 amide bonds. The molecule has 0 aliphatic rings. The van der Waals surface area contributed by atoms with Crippen molar-refractivity contribution in [2.75, 3.05) is 6.61 Å². The van der Waals surface area contributed by atoms with Crippen LogP contribution in [0.15, 0.2) is 16.6 Å². The van der Waals surface area contributed by atoms with Gasteiger partial charge in [-0.1, -0.05) is 5.57 Å². The Balaban J connectivity index is 2.47. The summed E-state index contributed by atoms with van der Waals surface area (Å²) in [5.74, 6) is 0. The molecule has 0 N–H and O–H groups in total. The maximum Gasteiger partial charge on any atom is 0.0896 e. The third-order valence-electron chi connectivity index (χ3n) is 2.17. The van der Waals surface area contributed by atoms with Crippen molar-refractivity contribution in [1.82, 2.24) is 9.78 Å². The number of aryl methyl sites for hydroxylation is 2. The lowest BCUT2D eigenvalue weighted by molar-refractivity contribution is 0.118. The van der Waals surface area contributed by atoms with Crippen molar-refractivity contribution < 1.29 is 4.74 Å². The largest absolute Gasteiger partial charge is 0.375 e. The fourth-order valence-corrected chi connectivity index (χ4v) is 1.70. The van der Waals surface area contributed by atoms with Crippen molar-refractivity contribution in [2.24, 2.45) is 7.05 Å². The lowest BCUT2D eigenvalue weighted by Crippen LogP contribution is -2.02. The summed E-state index contributed by atoms with van der Waals surface area (Å²) in [6, 6.07) is 0. The average Bonchev–Trinajstić information content (AvgIpc) is 2.37. The Labute approximate surface area is 99.2 Å². The van der Waals surface area contributed by atoms with Crippen molar-refractivity contribution >= 4 is 15.9 Å². The maximum atomic E-state index is 5.55. The molecule has 1 aromatic heterocycles. The van der Waals surface area contributed by atoms with Gasteiger partial charge in [0.15, 0.2) is 0 Å². The Morgan fingerprint density at radius 1 is 1.60 bits per heavy atom. The molecule has 1 heterocycles. The summed E-state index contributed by atoms with van der Waals surface area (Å²) in [5.41, 5.74) is 3.22. The van der Waals surface area contributed by atoms with Crippen molar-refractivity contribution in [2.45, 2.75) is 26.9 Å². The number of nitrogens with zero attached hydrogens (tertiary/aromatic N) is 2. The fourth-order valence-electron chi connectivity index (χ4n) is 1.25. The van der Waals surface area contributed by atoms with E-state index >= 15 is 0 Å². The maximum absolute atomic E-state index is 5.55. The van der Waals surface area contributed by atoms with Crippen LogP contribution in [0.3, 0.4) is 0 Å². The number of hydrogen-bond donors (Lipinski definition) is 0. The van der Waals surface area contributed by atoms with E-state index in [2.05, 4.69) is 27.6 Å². The van der Waals surface area contributed by atoms with Gasteiger partial charge in [0.25, 0.3) is 0 Å². The second-order valence-electron chi connectivity index (χ2n) is 3.73. The fraction of sp³-hybridized carbons (Fsp3) is 0.545. The van der Waals surface area contributed by atoms with Crippen LogP contribution in [-0.4, -0.2) is 16.4 Å². The highest BCUT2D eigenvalue weighted by Gasteiger charge is 2.09. The minimum absolute atomic E-state index is 0.588. The molecule has 1 aromatic rings. The minimum Gasteiger partial charge on any atom is -0.375 e. The van der Waals surface area contributed by atoms with Crippen molar-refractivity contribution in [1.29, 1.82) is 0 Å². The first-order valence-corrected chi connectivity index (χ1v) is 5.71. The van der Waals surface area contributed by atoms with E-state index in [9.17, 15) is 0 Å². The average molecular weight is 273 g/mol. The molecule has 84 valence electrons. The molecule has 1 rings (SSSR count). The van der Waals surface area contributed by atoms with Gasteiger partial charge in [0.05, 0.1) is 29.1 Å².